The highest BCUT2D eigenvalue weighted by atomic mass is 16.3. The predicted octanol–water partition coefficient (Wildman–Crippen LogP) is -0.599. The molecule has 2 heterocycles. The lowest BCUT2D eigenvalue weighted by Crippen LogP contribution is -2.04. The Morgan fingerprint density at radius 3 is 2.92 bits per heavy atom. The van der Waals surface area contributed by atoms with Crippen LogP contribution >= 0.6 is 0 Å². The molecule has 68 valence electrons. The van der Waals surface area contributed by atoms with Gasteiger partial charge in [0.25, 0.3) is 0 Å². The monoisotopic (exact) mass is 179 g/mol. The van der Waals surface area contributed by atoms with Gasteiger partial charge in [0.1, 0.15) is 0 Å². The van der Waals surface area contributed by atoms with Crippen LogP contribution in [0, 0.1) is 0 Å². The average molecular weight is 179 g/mol. The van der Waals surface area contributed by atoms with Crippen molar-refractivity contribution in [2.75, 3.05) is 12.3 Å². The topological polar surface area (TPSA) is 89.8 Å². The fourth-order valence-corrected chi connectivity index (χ4v) is 1.18. The molecule has 0 saturated carbocycles. The predicted molar refractivity (Wildman–Crippen MR) is 46.8 cm³/mol. The molecule has 6 nitrogen and oxygen atoms in total. The lowest BCUT2D eigenvalue weighted by atomic mass is 10.5. The standard InChI is InChI=1S/C7H9N5O/c8-6-5-7(10-2-1-9-5)12(11-6)3-4-13/h1-2,13H,3-4H2,(H2,8,11). The van der Waals surface area contributed by atoms with Crippen molar-refractivity contribution in [3.63, 3.8) is 0 Å². The van der Waals surface area contributed by atoms with Crippen molar-refractivity contribution >= 4 is 17.0 Å². The SMILES string of the molecule is Nc1nn(CCO)c2nccnc12. The number of hydrogen-bond donors (Lipinski definition) is 2. The van der Waals surface area contributed by atoms with Crippen LogP contribution in [0.3, 0.4) is 0 Å². The Hall–Kier alpha value is -1.69. The van der Waals surface area contributed by atoms with Gasteiger partial charge in [0.2, 0.25) is 0 Å². The summed E-state index contributed by atoms with van der Waals surface area (Å²) in [5.74, 6) is 0.344. The van der Waals surface area contributed by atoms with Crippen LogP contribution in [0.2, 0.25) is 0 Å². The number of fused-ring (bicyclic) bond motifs is 1. The second kappa shape index (κ2) is 2.98. The minimum atomic E-state index is 0.00674. The van der Waals surface area contributed by atoms with Crippen LogP contribution in [0.5, 0.6) is 0 Å². The molecule has 0 radical (unpaired) electrons. The van der Waals surface area contributed by atoms with Crippen LogP contribution in [0.15, 0.2) is 12.4 Å². The zero-order chi connectivity index (χ0) is 9.26. The maximum absolute atomic E-state index is 8.74. The third-order valence-corrected chi connectivity index (χ3v) is 1.71. The maximum atomic E-state index is 8.74. The first-order valence-corrected chi connectivity index (χ1v) is 3.87. The minimum Gasteiger partial charge on any atom is -0.394 e. The first-order chi connectivity index (χ1) is 6.33. The molecule has 13 heavy (non-hydrogen) atoms. The molecule has 0 fully saturated rings. The van der Waals surface area contributed by atoms with E-state index in [1.54, 1.807) is 12.4 Å². The number of anilines is 1. The third kappa shape index (κ3) is 1.20. The first kappa shape index (κ1) is 7.93. The summed E-state index contributed by atoms with van der Waals surface area (Å²) in [6.07, 6.45) is 3.13. The molecule has 2 aromatic heterocycles. The Morgan fingerprint density at radius 2 is 2.15 bits per heavy atom. The van der Waals surface area contributed by atoms with E-state index in [2.05, 4.69) is 15.1 Å². The van der Waals surface area contributed by atoms with E-state index in [-0.39, 0.29) is 6.61 Å². The second-order valence-corrected chi connectivity index (χ2v) is 2.56. The summed E-state index contributed by atoms with van der Waals surface area (Å²) in [6.45, 7) is 0.388. The molecule has 0 spiro atoms. The van der Waals surface area contributed by atoms with Gasteiger partial charge in [-0.3, -0.25) is 0 Å². The second-order valence-electron chi connectivity index (χ2n) is 2.56. The molecule has 0 aliphatic rings. The molecule has 0 aliphatic heterocycles. The van der Waals surface area contributed by atoms with Crippen LogP contribution in [0.1, 0.15) is 0 Å². The van der Waals surface area contributed by atoms with Gasteiger partial charge in [-0.1, -0.05) is 0 Å². The van der Waals surface area contributed by atoms with Crippen molar-refractivity contribution in [1.29, 1.82) is 0 Å². The number of hydrogen-bond acceptors (Lipinski definition) is 5. The number of aliphatic hydroxyl groups is 1. The van der Waals surface area contributed by atoms with E-state index >= 15 is 0 Å². The summed E-state index contributed by atoms with van der Waals surface area (Å²) in [4.78, 5) is 8.10. The molecule has 0 atom stereocenters. The number of nitrogen functional groups attached to an aromatic ring is 1. The number of aliphatic hydroxyl groups excluding tert-OH is 1. The molecule has 0 unspecified atom stereocenters. The van der Waals surface area contributed by atoms with Gasteiger partial charge in [-0.15, -0.1) is 0 Å². The molecule has 0 amide bonds. The van der Waals surface area contributed by atoms with Crippen molar-refractivity contribution in [2.24, 2.45) is 0 Å². The van der Waals surface area contributed by atoms with Crippen LogP contribution < -0.4 is 5.73 Å². The van der Waals surface area contributed by atoms with E-state index in [0.717, 1.165) is 0 Å². The molecule has 0 aliphatic carbocycles. The Bertz CT molecular complexity index is 424. The molecular weight excluding hydrogens is 170 g/mol. The zero-order valence-corrected chi connectivity index (χ0v) is 6.88. The fraction of sp³-hybridized carbons (Fsp3) is 0.286. The first-order valence-electron chi connectivity index (χ1n) is 3.87. The van der Waals surface area contributed by atoms with Crippen molar-refractivity contribution in [2.45, 2.75) is 6.54 Å². The molecule has 0 saturated heterocycles. The number of aromatic nitrogens is 4. The van der Waals surface area contributed by atoms with E-state index in [9.17, 15) is 0 Å². The van der Waals surface area contributed by atoms with Crippen LogP contribution in [-0.2, 0) is 6.54 Å². The molecule has 0 bridgehead atoms. The summed E-state index contributed by atoms with van der Waals surface area (Å²) in [6, 6.07) is 0. The van der Waals surface area contributed by atoms with Crippen molar-refractivity contribution < 1.29 is 5.11 Å². The van der Waals surface area contributed by atoms with Gasteiger partial charge in [-0.2, -0.15) is 5.10 Å². The highest BCUT2D eigenvalue weighted by Crippen LogP contribution is 2.13. The lowest BCUT2D eigenvalue weighted by molar-refractivity contribution is 0.271. The highest BCUT2D eigenvalue weighted by Gasteiger charge is 2.08. The molecule has 2 rings (SSSR count). The van der Waals surface area contributed by atoms with Crippen LogP contribution in [0.25, 0.3) is 11.2 Å². The quantitative estimate of drug-likeness (QED) is 0.642. The maximum Gasteiger partial charge on any atom is 0.179 e. The van der Waals surface area contributed by atoms with Gasteiger partial charge in [0, 0.05) is 12.4 Å². The van der Waals surface area contributed by atoms with Gasteiger partial charge in [-0.25, -0.2) is 14.6 Å². The van der Waals surface area contributed by atoms with E-state index in [0.29, 0.717) is 23.5 Å². The summed E-state index contributed by atoms with van der Waals surface area (Å²) < 4.78 is 1.54. The molecule has 0 aromatic carbocycles. The van der Waals surface area contributed by atoms with Crippen LogP contribution in [-0.4, -0.2) is 31.5 Å². The summed E-state index contributed by atoms with van der Waals surface area (Å²) in [7, 11) is 0. The Kier molecular flexibility index (Phi) is 1.82. The Balaban J connectivity index is 2.63. The summed E-state index contributed by atoms with van der Waals surface area (Å²) in [5.41, 5.74) is 6.78. The van der Waals surface area contributed by atoms with E-state index < -0.39 is 0 Å². The van der Waals surface area contributed by atoms with Gasteiger partial charge in [-0.05, 0) is 0 Å². The minimum absolute atomic E-state index is 0.00674. The molecule has 3 N–H and O–H groups in total. The van der Waals surface area contributed by atoms with Gasteiger partial charge in [0.05, 0.1) is 13.2 Å². The van der Waals surface area contributed by atoms with Gasteiger partial charge < -0.3 is 10.8 Å². The largest absolute Gasteiger partial charge is 0.394 e. The zero-order valence-electron chi connectivity index (χ0n) is 6.88. The Morgan fingerprint density at radius 1 is 1.38 bits per heavy atom. The lowest BCUT2D eigenvalue weighted by Gasteiger charge is -1.96. The molecule has 2 aromatic rings. The van der Waals surface area contributed by atoms with E-state index in [1.807, 2.05) is 0 Å². The van der Waals surface area contributed by atoms with Crippen molar-refractivity contribution in [3.05, 3.63) is 12.4 Å². The summed E-state index contributed by atoms with van der Waals surface area (Å²) in [5, 5.41) is 12.7. The van der Waals surface area contributed by atoms with Gasteiger partial charge >= 0.3 is 0 Å². The molecular formula is C7H9N5O. The van der Waals surface area contributed by atoms with Gasteiger partial charge in [0.15, 0.2) is 17.0 Å². The number of nitrogens with zero attached hydrogens (tertiary/aromatic N) is 4. The smallest absolute Gasteiger partial charge is 0.179 e. The third-order valence-electron chi connectivity index (χ3n) is 1.71. The van der Waals surface area contributed by atoms with Crippen LogP contribution in [0.4, 0.5) is 5.82 Å². The van der Waals surface area contributed by atoms with Crippen molar-refractivity contribution in [3.8, 4) is 0 Å². The van der Waals surface area contributed by atoms with E-state index in [1.165, 1.54) is 4.68 Å². The number of rotatable bonds is 2. The number of nitrogens with two attached hydrogens (primary N) is 1. The average Bonchev–Trinajstić information content (AvgIpc) is 2.46. The van der Waals surface area contributed by atoms with E-state index in [4.69, 9.17) is 10.8 Å². The highest BCUT2D eigenvalue weighted by molar-refractivity contribution is 5.81. The normalized spacial score (nSPS) is 10.8. The summed E-state index contributed by atoms with van der Waals surface area (Å²) >= 11 is 0. The van der Waals surface area contributed by atoms with Crippen molar-refractivity contribution in [1.82, 2.24) is 19.7 Å². The fourth-order valence-electron chi connectivity index (χ4n) is 1.18. The Labute approximate surface area is 74.0 Å². The molecule has 6 heteroatoms.